The number of hydrogen-bond acceptors (Lipinski definition) is 1. The maximum absolute atomic E-state index is 3.56. The van der Waals surface area contributed by atoms with Crippen LogP contribution < -0.4 is 5.32 Å². The third-order valence-corrected chi connectivity index (χ3v) is 5.08. The Labute approximate surface area is 112 Å². The Morgan fingerprint density at radius 2 is 1.82 bits per heavy atom. The van der Waals surface area contributed by atoms with Gasteiger partial charge in [-0.1, -0.05) is 35.0 Å². The van der Waals surface area contributed by atoms with E-state index in [1.54, 1.807) is 0 Å². The monoisotopic (exact) mass is 293 g/mol. The topological polar surface area (TPSA) is 12.0 Å². The summed E-state index contributed by atoms with van der Waals surface area (Å²) in [6, 6.07) is 8.97. The van der Waals surface area contributed by atoms with Gasteiger partial charge in [0.15, 0.2) is 0 Å². The van der Waals surface area contributed by atoms with Crippen LogP contribution in [-0.4, -0.2) is 13.1 Å². The Kier molecular flexibility index (Phi) is 2.83. The van der Waals surface area contributed by atoms with E-state index in [9.17, 15) is 0 Å². The van der Waals surface area contributed by atoms with Gasteiger partial charge in [0, 0.05) is 16.4 Å². The normalized spacial score (nSPS) is 23.4. The van der Waals surface area contributed by atoms with E-state index in [-0.39, 0.29) is 0 Å². The molecule has 0 saturated heterocycles. The zero-order valence-corrected chi connectivity index (χ0v) is 12.0. The van der Waals surface area contributed by atoms with Crippen molar-refractivity contribution >= 4 is 15.9 Å². The lowest BCUT2D eigenvalue weighted by Crippen LogP contribution is -2.49. The Hall–Kier alpha value is -0.340. The third kappa shape index (κ3) is 2.06. The molecule has 1 nitrogen and oxygen atoms in total. The summed E-state index contributed by atoms with van der Waals surface area (Å²) >= 11 is 3.52. The second-order valence-corrected chi connectivity index (χ2v) is 6.84. The first kappa shape index (κ1) is 11.7. The Morgan fingerprint density at radius 3 is 2.35 bits per heavy atom. The van der Waals surface area contributed by atoms with Gasteiger partial charge in [0.1, 0.15) is 0 Å². The molecule has 1 aromatic carbocycles. The summed E-state index contributed by atoms with van der Waals surface area (Å²) in [7, 11) is 0. The highest BCUT2D eigenvalue weighted by atomic mass is 79.9. The van der Waals surface area contributed by atoms with Gasteiger partial charge in [0.25, 0.3) is 0 Å². The molecule has 1 aromatic rings. The smallest absolute Gasteiger partial charge is 0.0175 e. The first-order chi connectivity index (χ1) is 8.18. The van der Waals surface area contributed by atoms with Crippen LogP contribution in [0.4, 0.5) is 0 Å². The van der Waals surface area contributed by atoms with Crippen molar-refractivity contribution < 1.29 is 0 Å². The van der Waals surface area contributed by atoms with Crippen LogP contribution in [0, 0.1) is 5.41 Å². The minimum atomic E-state index is 0.424. The zero-order chi connectivity index (χ0) is 11.9. The van der Waals surface area contributed by atoms with Gasteiger partial charge in [-0.3, -0.25) is 0 Å². The van der Waals surface area contributed by atoms with Crippen molar-refractivity contribution in [3.8, 4) is 0 Å². The Morgan fingerprint density at radius 1 is 1.18 bits per heavy atom. The first-order valence-electron chi connectivity index (χ1n) is 6.65. The molecule has 1 spiro atoms. The fourth-order valence-electron chi connectivity index (χ4n) is 3.51. The zero-order valence-electron chi connectivity index (χ0n) is 10.4. The van der Waals surface area contributed by atoms with Gasteiger partial charge < -0.3 is 5.32 Å². The summed E-state index contributed by atoms with van der Waals surface area (Å²) in [6.07, 6.45) is 5.73. The predicted molar refractivity (Wildman–Crippen MR) is 75.3 cm³/mol. The summed E-state index contributed by atoms with van der Waals surface area (Å²) < 4.78 is 1.18. The molecular weight excluding hydrogens is 274 g/mol. The fraction of sp³-hybridized carbons (Fsp3) is 0.600. The average Bonchev–Trinajstić information content (AvgIpc) is 3.06. The van der Waals surface area contributed by atoms with E-state index in [1.807, 2.05) is 0 Å². The lowest BCUT2D eigenvalue weighted by atomic mass is 9.56. The molecule has 0 aliphatic heterocycles. The molecule has 17 heavy (non-hydrogen) atoms. The third-order valence-electron chi connectivity index (χ3n) is 4.55. The maximum Gasteiger partial charge on any atom is 0.0175 e. The number of hydrogen-bond donors (Lipinski definition) is 1. The van der Waals surface area contributed by atoms with Crippen LogP contribution in [0.15, 0.2) is 28.7 Å². The summed E-state index contributed by atoms with van der Waals surface area (Å²) in [5, 5.41) is 3.56. The molecule has 0 aromatic heterocycles. The second-order valence-electron chi connectivity index (χ2n) is 5.92. The molecule has 0 radical (unpaired) electrons. The minimum Gasteiger partial charge on any atom is -0.316 e. The van der Waals surface area contributed by atoms with Crippen molar-refractivity contribution in [2.45, 2.75) is 38.0 Å². The quantitative estimate of drug-likeness (QED) is 0.889. The van der Waals surface area contributed by atoms with Crippen LogP contribution in [0.2, 0.25) is 0 Å². The van der Waals surface area contributed by atoms with Gasteiger partial charge in [0.05, 0.1) is 0 Å². The number of benzene rings is 1. The van der Waals surface area contributed by atoms with Crippen molar-refractivity contribution in [3.05, 3.63) is 34.3 Å². The lowest BCUT2D eigenvalue weighted by molar-refractivity contribution is 0.117. The summed E-state index contributed by atoms with van der Waals surface area (Å²) in [5.74, 6) is 0. The molecule has 0 unspecified atom stereocenters. The predicted octanol–water partition coefficient (Wildman–Crippen LogP) is 3.87. The molecule has 2 fully saturated rings. The molecular formula is C15H20BrN. The molecule has 2 aliphatic carbocycles. The highest BCUT2D eigenvalue weighted by Crippen LogP contribution is 2.68. The average molecular weight is 294 g/mol. The van der Waals surface area contributed by atoms with Crippen molar-refractivity contribution in [2.24, 2.45) is 5.41 Å². The highest BCUT2D eigenvalue weighted by Gasteiger charge is 2.60. The molecule has 0 atom stereocenters. The maximum atomic E-state index is 3.56. The van der Waals surface area contributed by atoms with E-state index in [2.05, 4.69) is 52.4 Å². The van der Waals surface area contributed by atoms with Gasteiger partial charge in [-0.2, -0.15) is 0 Å². The number of nitrogens with one attached hydrogen (secondary N) is 1. The largest absolute Gasteiger partial charge is 0.316 e. The Balaban J connectivity index is 1.81. The van der Waals surface area contributed by atoms with E-state index in [0.29, 0.717) is 5.41 Å². The van der Waals surface area contributed by atoms with Crippen LogP contribution in [0.1, 0.15) is 38.2 Å². The van der Waals surface area contributed by atoms with Crippen LogP contribution >= 0.6 is 15.9 Å². The molecule has 0 amide bonds. The number of likely N-dealkylation sites (N-methyl/N-ethyl adjacent to an activating group) is 1. The van der Waals surface area contributed by atoms with E-state index in [1.165, 1.54) is 35.7 Å². The molecule has 92 valence electrons. The highest BCUT2D eigenvalue weighted by molar-refractivity contribution is 9.10. The molecule has 2 saturated carbocycles. The molecule has 0 heterocycles. The summed E-state index contributed by atoms with van der Waals surface area (Å²) in [6.45, 7) is 4.42. The van der Waals surface area contributed by atoms with E-state index < -0.39 is 0 Å². The molecule has 2 aliphatic rings. The van der Waals surface area contributed by atoms with E-state index in [4.69, 9.17) is 0 Å². The van der Waals surface area contributed by atoms with Gasteiger partial charge in [-0.15, -0.1) is 0 Å². The van der Waals surface area contributed by atoms with Crippen LogP contribution in [0.3, 0.4) is 0 Å². The SMILES string of the molecule is CCNCC1(c2ccc(Br)cc2)CC2(CC2)C1. The molecule has 1 N–H and O–H groups in total. The number of rotatable bonds is 4. The van der Waals surface area contributed by atoms with Gasteiger partial charge >= 0.3 is 0 Å². The van der Waals surface area contributed by atoms with Crippen molar-refractivity contribution in [1.29, 1.82) is 0 Å². The molecule has 2 heteroatoms. The summed E-state index contributed by atoms with van der Waals surface area (Å²) in [4.78, 5) is 0. The van der Waals surface area contributed by atoms with Crippen LogP contribution in [-0.2, 0) is 5.41 Å². The van der Waals surface area contributed by atoms with Crippen LogP contribution in [0.25, 0.3) is 0 Å². The first-order valence-corrected chi connectivity index (χ1v) is 7.44. The van der Waals surface area contributed by atoms with Crippen LogP contribution in [0.5, 0.6) is 0 Å². The fourth-order valence-corrected chi connectivity index (χ4v) is 3.78. The minimum absolute atomic E-state index is 0.424. The van der Waals surface area contributed by atoms with Gasteiger partial charge in [-0.25, -0.2) is 0 Å². The van der Waals surface area contributed by atoms with Gasteiger partial charge in [-0.05, 0) is 55.3 Å². The Bertz CT molecular complexity index is 397. The lowest BCUT2D eigenvalue weighted by Gasteiger charge is -2.49. The van der Waals surface area contributed by atoms with Crippen molar-refractivity contribution in [3.63, 3.8) is 0 Å². The molecule has 0 bridgehead atoms. The standard InChI is InChI=1S/C15H20BrN/c1-2-17-11-15(9-14(10-15)7-8-14)12-3-5-13(16)6-4-12/h3-6,17H,2,7-11H2,1H3. The number of halogens is 1. The van der Waals surface area contributed by atoms with Gasteiger partial charge in [0.2, 0.25) is 0 Å². The van der Waals surface area contributed by atoms with Crippen molar-refractivity contribution in [1.82, 2.24) is 5.32 Å². The van der Waals surface area contributed by atoms with Crippen molar-refractivity contribution in [2.75, 3.05) is 13.1 Å². The van der Waals surface area contributed by atoms with E-state index in [0.717, 1.165) is 18.5 Å². The van der Waals surface area contributed by atoms with E-state index >= 15 is 0 Å². The summed E-state index contributed by atoms with van der Waals surface area (Å²) in [5.41, 5.74) is 2.70. The molecule has 3 rings (SSSR count). The second kappa shape index (κ2) is 4.10.